The summed E-state index contributed by atoms with van der Waals surface area (Å²) in [4.78, 5) is 17.4. The Kier molecular flexibility index (Phi) is 2.60. The lowest BCUT2D eigenvalue weighted by atomic mass is 10.0. The standard InChI is InChI=1S/C11H13N3O2/c1-7-3-4-9-10(13-16)5-6-14(8(2)15)11(9)12-7/h3-4,16H,5-6H2,1-2H3/b13-10+. The molecule has 0 aliphatic carbocycles. The summed E-state index contributed by atoms with van der Waals surface area (Å²) in [5.41, 5.74) is 2.15. The fraction of sp³-hybridized carbons (Fsp3) is 0.364. The molecule has 0 unspecified atom stereocenters. The van der Waals surface area contributed by atoms with Gasteiger partial charge in [-0.15, -0.1) is 0 Å². The van der Waals surface area contributed by atoms with Crippen molar-refractivity contribution in [2.24, 2.45) is 5.16 Å². The van der Waals surface area contributed by atoms with Crippen LogP contribution in [0.1, 0.15) is 24.6 Å². The largest absolute Gasteiger partial charge is 0.411 e. The van der Waals surface area contributed by atoms with Gasteiger partial charge < -0.3 is 5.21 Å². The summed E-state index contributed by atoms with van der Waals surface area (Å²) in [7, 11) is 0. The highest BCUT2D eigenvalue weighted by Crippen LogP contribution is 2.25. The number of nitrogens with zero attached hydrogens (tertiary/aromatic N) is 3. The molecule has 2 heterocycles. The van der Waals surface area contributed by atoms with Crippen molar-refractivity contribution in [3.05, 3.63) is 23.4 Å². The Bertz CT molecular complexity index is 468. The summed E-state index contributed by atoms with van der Waals surface area (Å²) < 4.78 is 0. The lowest BCUT2D eigenvalue weighted by molar-refractivity contribution is -0.116. The zero-order chi connectivity index (χ0) is 11.7. The van der Waals surface area contributed by atoms with Crippen LogP contribution >= 0.6 is 0 Å². The lowest BCUT2D eigenvalue weighted by Crippen LogP contribution is -2.37. The number of fused-ring (bicyclic) bond motifs is 1. The Morgan fingerprint density at radius 1 is 1.56 bits per heavy atom. The molecule has 2 rings (SSSR count). The molecule has 5 heteroatoms. The Labute approximate surface area is 93.4 Å². The van der Waals surface area contributed by atoms with E-state index in [2.05, 4.69) is 10.1 Å². The van der Waals surface area contributed by atoms with Gasteiger partial charge in [-0.25, -0.2) is 4.98 Å². The fourth-order valence-corrected chi connectivity index (χ4v) is 1.84. The maximum Gasteiger partial charge on any atom is 0.225 e. The van der Waals surface area contributed by atoms with Gasteiger partial charge in [0.25, 0.3) is 0 Å². The molecule has 1 aromatic rings. The minimum Gasteiger partial charge on any atom is -0.411 e. The number of hydrogen-bond acceptors (Lipinski definition) is 4. The Balaban J connectivity index is 2.57. The number of carbonyl (C=O) groups excluding carboxylic acids is 1. The molecule has 0 bridgehead atoms. The first-order valence-electron chi connectivity index (χ1n) is 5.10. The van der Waals surface area contributed by atoms with Gasteiger partial charge in [0, 0.05) is 31.1 Å². The summed E-state index contributed by atoms with van der Waals surface area (Å²) in [6.07, 6.45) is 0.549. The van der Waals surface area contributed by atoms with Crippen LogP contribution in [-0.2, 0) is 4.79 Å². The number of anilines is 1. The van der Waals surface area contributed by atoms with E-state index in [1.165, 1.54) is 6.92 Å². The van der Waals surface area contributed by atoms with E-state index in [0.717, 1.165) is 11.3 Å². The maximum absolute atomic E-state index is 11.5. The third kappa shape index (κ3) is 1.64. The van der Waals surface area contributed by atoms with Crippen molar-refractivity contribution in [3.63, 3.8) is 0 Å². The molecule has 0 atom stereocenters. The highest BCUT2D eigenvalue weighted by molar-refractivity contribution is 6.09. The second-order valence-corrected chi connectivity index (χ2v) is 3.79. The van der Waals surface area contributed by atoms with Crippen molar-refractivity contribution in [1.82, 2.24) is 4.98 Å². The van der Waals surface area contributed by atoms with Crippen molar-refractivity contribution in [3.8, 4) is 0 Å². The molecule has 1 aliphatic heterocycles. The van der Waals surface area contributed by atoms with Crippen molar-refractivity contribution in [2.75, 3.05) is 11.4 Å². The molecule has 1 amide bonds. The third-order valence-electron chi connectivity index (χ3n) is 2.65. The second-order valence-electron chi connectivity index (χ2n) is 3.79. The summed E-state index contributed by atoms with van der Waals surface area (Å²) in [6.45, 7) is 3.88. The van der Waals surface area contributed by atoms with Crippen LogP contribution in [0.3, 0.4) is 0 Å². The molecule has 5 nitrogen and oxygen atoms in total. The van der Waals surface area contributed by atoms with Crippen LogP contribution in [0.25, 0.3) is 0 Å². The van der Waals surface area contributed by atoms with Crippen LogP contribution in [0.2, 0.25) is 0 Å². The Hall–Kier alpha value is -1.91. The summed E-state index contributed by atoms with van der Waals surface area (Å²) in [5.74, 6) is 0.544. The number of carbonyl (C=O) groups is 1. The summed E-state index contributed by atoms with van der Waals surface area (Å²) in [6, 6.07) is 3.68. The number of hydrogen-bond donors (Lipinski definition) is 1. The van der Waals surface area contributed by atoms with Crippen molar-refractivity contribution < 1.29 is 10.0 Å². The maximum atomic E-state index is 11.5. The number of aromatic nitrogens is 1. The van der Waals surface area contributed by atoms with Gasteiger partial charge in [-0.1, -0.05) is 5.16 Å². The van der Waals surface area contributed by atoms with Gasteiger partial charge in [0.2, 0.25) is 5.91 Å². The van der Waals surface area contributed by atoms with Crippen molar-refractivity contribution in [2.45, 2.75) is 20.3 Å². The van der Waals surface area contributed by atoms with Crippen LogP contribution in [-0.4, -0.2) is 28.4 Å². The van der Waals surface area contributed by atoms with Gasteiger partial charge in [-0.2, -0.15) is 0 Å². The minimum atomic E-state index is -0.0451. The van der Waals surface area contributed by atoms with E-state index < -0.39 is 0 Å². The molecule has 16 heavy (non-hydrogen) atoms. The van der Waals surface area contributed by atoms with Crippen LogP contribution < -0.4 is 4.90 Å². The molecule has 1 aliphatic rings. The number of pyridine rings is 1. The smallest absolute Gasteiger partial charge is 0.225 e. The topological polar surface area (TPSA) is 65.8 Å². The molecular formula is C11H13N3O2. The van der Waals surface area contributed by atoms with Crippen LogP contribution in [0, 0.1) is 6.92 Å². The average Bonchev–Trinajstić information content (AvgIpc) is 2.26. The van der Waals surface area contributed by atoms with Gasteiger partial charge in [-0.3, -0.25) is 9.69 Å². The molecule has 0 aromatic carbocycles. The van der Waals surface area contributed by atoms with Gasteiger partial charge in [-0.05, 0) is 19.1 Å². The van der Waals surface area contributed by atoms with Crippen LogP contribution in [0.4, 0.5) is 5.82 Å². The number of rotatable bonds is 0. The Morgan fingerprint density at radius 2 is 2.31 bits per heavy atom. The predicted molar refractivity (Wildman–Crippen MR) is 59.9 cm³/mol. The number of aryl methyl sites for hydroxylation is 1. The monoisotopic (exact) mass is 219 g/mol. The lowest BCUT2D eigenvalue weighted by Gasteiger charge is -2.27. The average molecular weight is 219 g/mol. The van der Waals surface area contributed by atoms with Gasteiger partial charge >= 0.3 is 0 Å². The SMILES string of the molecule is CC(=O)N1CC/C(=N\O)c2ccc(C)nc21. The second kappa shape index (κ2) is 3.92. The predicted octanol–water partition coefficient (Wildman–Crippen LogP) is 1.32. The molecule has 84 valence electrons. The van der Waals surface area contributed by atoms with Gasteiger partial charge in [0.1, 0.15) is 5.82 Å². The normalized spacial score (nSPS) is 17.4. The highest BCUT2D eigenvalue weighted by atomic mass is 16.4. The van der Waals surface area contributed by atoms with Crippen LogP contribution in [0.5, 0.6) is 0 Å². The first kappa shape index (κ1) is 10.6. The van der Waals surface area contributed by atoms with E-state index in [1.54, 1.807) is 4.90 Å². The van der Waals surface area contributed by atoms with Gasteiger partial charge in [0.05, 0.1) is 5.71 Å². The molecule has 1 aromatic heterocycles. The number of amides is 1. The molecule has 0 radical (unpaired) electrons. The minimum absolute atomic E-state index is 0.0451. The number of oxime groups is 1. The van der Waals surface area contributed by atoms with E-state index >= 15 is 0 Å². The van der Waals surface area contributed by atoms with E-state index in [0.29, 0.717) is 24.5 Å². The summed E-state index contributed by atoms with van der Waals surface area (Å²) in [5, 5.41) is 12.1. The third-order valence-corrected chi connectivity index (χ3v) is 2.65. The van der Waals surface area contributed by atoms with E-state index in [1.807, 2.05) is 19.1 Å². The van der Waals surface area contributed by atoms with Crippen molar-refractivity contribution >= 4 is 17.4 Å². The first-order chi connectivity index (χ1) is 7.63. The zero-order valence-electron chi connectivity index (χ0n) is 9.27. The zero-order valence-corrected chi connectivity index (χ0v) is 9.27. The molecular weight excluding hydrogens is 206 g/mol. The van der Waals surface area contributed by atoms with Crippen LogP contribution in [0.15, 0.2) is 17.3 Å². The van der Waals surface area contributed by atoms with E-state index in [-0.39, 0.29) is 5.91 Å². The molecule has 0 spiro atoms. The molecule has 1 N–H and O–H groups in total. The highest BCUT2D eigenvalue weighted by Gasteiger charge is 2.25. The van der Waals surface area contributed by atoms with E-state index in [4.69, 9.17) is 5.21 Å². The first-order valence-corrected chi connectivity index (χ1v) is 5.10. The van der Waals surface area contributed by atoms with Crippen molar-refractivity contribution in [1.29, 1.82) is 0 Å². The Morgan fingerprint density at radius 3 is 2.94 bits per heavy atom. The van der Waals surface area contributed by atoms with Gasteiger partial charge in [0.15, 0.2) is 0 Å². The molecule has 0 saturated carbocycles. The fourth-order valence-electron chi connectivity index (χ4n) is 1.84. The summed E-state index contributed by atoms with van der Waals surface area (Å²) >= 11 is 0. The van der Waals surface area contributed by atoms with E-state index in [9.17, 15) is 4.79 Å². The quantitative estimate of drug-likeness (QED) is 0.528. The molecule has 0 saturated heterocycles. The molecule has 0 fully saturated rings.